The van der Waals surface area contributed by atoms with Crippen LogP contribution in [0.25, 0.3) is 0 Å². The lowest BCUT2D eigenvalue weighted by molar-refractivity contribution is -0.127. The van der Waals surface area contributed by atoms with Gasteiger partial charge in [-0.15, -0.1) is 0 Å². The molecule has 0 aliphatic heterocycles. The van der Waals surface area contributed by atoms with Crippen molar-refractivity contribution in [2.75, 3.05) is 19.4 Å². The zero-order chi connectivity index (χ0) is 11.8. The largest absolute Gasteiger partial charge is 0.369 e. The van der Waals surface area contributed by atoms with Crippen molar-refractivity contribution in [2.45, 2.75) is 38.5 Å². The normalized spacial score (nSPS) is 15.0. The predicted octanol–water partition coefficient (Wildman–Crippen LogP) is 0.685. The van der Waals surface area contributed by atoms with Crippen molar-refractivity contribution in [1.29, 1.82) is 0 Å². The Morgan fingerprint density at radius 1 is 1.40 bits per heavy atom. The molecule has 0 aliphatic rings. The quantitative estimate of drug-likeness (QED) is 0.706. The van der Waals surface area contributed by atoms with E-state index >= 15 is 0 Å². The van der Waals surface area contributed by atoms with Crippen LogP contribution in [0.3, 0.4) is 0 Å². The number of rotatable bonds is 7. The van der Waals surface area contributed by atoms with Crippen LogP contribution >= 0.6 is 0 Å². The van der Waals surface area contributed by atoms with Gasteiger partial charge in [-0.05, 0) is 20.3 Å². The molecule has 0 aromatic carbocycles. The van der Waals surface area contributed by atoms with Crippen molar-refractivity contribution in [1.82, 2.24) is 5.32 Å². The first-order valence-electron chi connectivity index (χ1n) is 5.14. The number of amides is 1. The van der Waals surface area contributed by atoms with Crippen molar-refractivity contribution < 1.29 is 13.7 Å². The van der Waals surface area contributed by atoms with Crippen molar-refractivity contribution in [3.05, 3.63) is 0 Å². The maximum atomic E-state index is 11.2. The molecular formula is C10H21NO3S. The molecule has 5 heteroatoms. The van der Waals surface area contributed by atoms with E-state index in [2.05, 4.69) is 5.32 Å². The Hall–Kier alpha value is -0.420. The van der Waals surface area contributed by atoms with Gasteiger partial charge in [0.2, 0.25) is 5.91 Å². The van der Waals surface area contributed by atoms with Crippen LogP contribution in [0.2, 0.25) is 0 Å². The molecular weight excluding hydrogens is 214 g/mol. The Labute approximate surface area is 94.2 Å². The SMILES string of the molecule is CC(C)OCC(=O)NCCC(C)S(C)=O. The highest BCUT2D eigenvalue weighted by Gasteiger charge is 2.07. The average molecular weight is 235 g/mol. The van der Waals surface area contributed by atoms with Crippen molar-refractivity contribution in [3.63, 3.8) is 0 Å². The third-order valence-electron chi connectivity index (χ3n) is 1.99. The summed E-state index contributed by atoms with van der Waals surface area (Å²) in [4.78, 5) is 11.2. The van der Waals surface area contributed by atoms with Gasteiger partial charge in [0.25, 0.3) is 0 Å². The summed E-state index contributed by atoms with van der Waals surface area (Å²) >= 11 is 0. The lowest BCUT2D eigenvalue weighted by Crippen LogP contribution is -2.31. The number of ether oxygens (including phenoxy) is 1. The summed E-state index contributed by atoms with van der Waals surface area (Å²) in [6.45, 7) is 6.33. The number of carbonyl (C=O) groups is 1. The molecule has 2 atom stereocenters. The van der Waals surface area contributed by atoms with Crippen LogP contribution in [0.15, 0.2) is 0 Å². The molecule has 0 aliphatic carbocycles. The minimum absolute atomic E-state index is 0.0674. The Morgan fingerprint density at radius 3 is 2.47 bits per heavy atom. The van der Waals surface area contributed by atoms with Crippen LogP contribution in [0.1, 0.15) is 27.2 Å². The van der Waals surface area contributed by atoms with E-state index in [9.17, 15) is 9.00 Å². The summed E-state index contributed by atoms with van der Waals surface area (Å²) in [5.74, 6) is -0.113. The average Bonchev–Trinajstić information content (AvgIpc) is 2.14. The highest BCUT2D eigenvalue weighted by atomic mass is 32.2. The summed E-state index contributed by atoms with van der Waals surface area (Å²) in [5.41, 5.74) is 0. The maximum Gasteiger partial charge on any atom is 0.246 e. The summed E-state index contributed by atoms with van der Waals surface area (Å²) in [6.07, 6.45) is 2.48. The Balaban J connectivity index is 3.51. The fourth-order valence-electron chi connectivity index (χ4n) is 0.874. The predicted molar refractivity (Wildman–Crippen MR) is 62.2 cm³/mol. The van der Waals surface area contributed by atoms with E-state index < -0.39 is 10.8 Å². The van der Waals surface area contributed by atoms with Crippen LogP contribution in [0.5, 0.6) is 0 Å². The van der Waals surface area contributed by atoms with Gasteiger partial charge in [-0.25, -0.2) is 0 Å². The molecule has 0 saturated heterocycles. The van der Waals surface area contributed by atoms with Gasteiger partial charge in [0.15, 0.2) is 0 Å². The molecule has 0 radical (unpaired) electrons. The van der Waals surface area contributed by atoms with Crippen molar-refractivity contribution in [2.24, 2.45) is 0 Å². The second-order valence-corrected chi connectivity index (χ2v) is 5.61. The first-order chi connectivity index (χ1) is 6.93. The Bertz CT molecular complexity index is 219. The zero-order valence-electron chi connectivity index (χ0n) is 9.91. The third kappa shape index (κ3) is 8.57. The van der Waals surface area contributed by atoms with Gasteiger partial charge in [-0.2, -0.15) is 0 Å². The van der Waals surface area contributed by atoms with E-state index in [1.807, 2.05) is 20.8 Å². The molecule has 4 nitrogen and oxygen atoms in total. The molecule has 0 fully saturated rings. The summed E-state index contributed by atoms with van der Waals surface area (Å²) in [5, 5.41) is 2.85. The van der Waals surface area contributed by atoms with Crippen LogP contribution < -0.4 is 5.32 Å². The first-order valence-corrected chi connectivity index (χ1v) is 6.76. The minimum Gasteiger partial charge on any atom is -0.369 e. The summed E-state index contributed by atoms with van der Waals surface area (Å²) in [6, 6.07) is 0. The monoisotopic (exact) mass is 235 g/mol. The van der Waals surface area contributed by atoms with Crippen LogP contribution in [-0.2, 0) is 20.3 Å². The zero-order valence-corrected chi connectivity index (χ0v) is 10.7. The second-order valence-electron chi connectivity index (χ2n) is 3.81. The lowest BCUT2D eigenvalue weighted by atomic mass is 10.3. The maximum absolute atomic E-state index is 11.2. The van der Waals surface area contributed by atoms with Crippen molar-refractivity contribution >= 4 is 16.7 Å². The fourth-order valence-corrected chi connectivity index (χ4v) is 1.32. The minimum atomic E-state index is -0.819. The second kappa shape index (κ2) is 7.82. The fraction of sp³-hybridized carbons (Fsp3) is 0.900. The van der Waals surface area contributed by atoms with Crippen LogP contribution in [-0.4, -0.2) is 40.9 Å². The van der Waals surface area contributed by atoms with Crippen molar-refractivity contribution in [3.8, 4) is 0 Å². The van der Waals surface area contributed by atoms with Gasteiger partial charge in [0.05, 0.1) is 6.10 Å². The molecule has 90 valence electrons. The molecule has 2 unspecified atom stereocenters. The van der Waals surface area contributed by atoms with Gasteiger partial charge in [0, 0.05) is 28.9 Å². The van der Waals surface area contributed by atoms with E-state index in [1.54, 1.807) is 6.26 Å². The van der Waals surface area contributed by atoms with Gasteiger partial charge >= 0.3 is 0 Å². The van der Waals surface area contributed by atoms with E-state index in [0.717, 1.165) is 6.42 Å². The molecule has 1 amide bonds. The molecule has 15 heavy (non-hydrogen) atoms. The number of hydrogen-bond donors (Lipinski definition) is 1. The molecule has 0 bridgehead atoms. The number of carbonyl (C=O) groups excluding carboxylic acids is 1. The first kappa shape index (κ1) is 14.6. The van der Waals surface area contributed by atoms with E-state index in [1.165, 1.54) is 0 Å². The molecule has 0 heterocycles. The number of hydrogen-bond acceptors (Lipinski definition) is 3. The van der Waals surface area contributed by atoms with Gasteiger partial charge in [-0.3, -0.25) is 9.00 Å². The highest BCUT2D eigenvalue weighted by Crippen LogP contribution is 1.97. The van der Waals surface area contributed by atoms with Crippen LogP contribution in [0, 0.1) is 0 Å². The topological polar surface area (TPSA) is 55.4 Å². The van der Waals surface area contributed by atoms with E-state index in [0.29, 0.717) is 6.54 Å². The summed E-state index contributed by atoms with van der Waals surface area (Å²) < 4.78 is 16.1. The van der Waals surface area contributed by atoms with Gasteiger partial charge in [-0.1, -0.05) is 6.92 Å². The van der Waals surface area contributed by atoms with E-state index in [4.69, 9.17) is 4.74 Å². The molecule has 1 N–H and O–H groups in total. The highest BCUT2D eigenvalue weighted by molar-refractivity contribution is 7.84. The Morgan fingerprint density at radius 2 is 2.00 bits per heavy atom. The molecule has 0 aromatic heterocycles. The Kier molecular flexibility index (Phi) is 7.60. The molecule has 0 saturated carbocycles. The lowest BCUT2D eigenvalue weighted by Gasteiger charge is -2.10. The standard InChI is InChI=1S/C10H21NO3S/c1-8(2)14-7-10(12)11-6-5-9(3)15(4)13/h8-9H,5-7H2,1-4H3,(H,11,12). The smallest absolute Gasteiger partial charge is 0.246 e. The molecule has 0 rings (SSSR count). The third-order valence-corrected chi connectivity index (χ3v) is 3.36. The van der Waals surface area contributed by atoms with Crippen LogP contribution in [0.4, 0.5) is 0 Å². The molecule has 0 spiro atoms. The molecule has 0 aromatic rings. The summed E-state index contributed by atoms with van der Waals surface area (Å²) in [7, 11) is -0.819. The van der Waals surface area contributed by atoms with E-state index in [-0.39, 0.29) is 23.9 Å². The number of nitrogens with one attached hydrogen (secondary N) is 1. The van der Waals surface area contributed by atoms with Gasteiger partial charge < -0.3 is 10.1 Å². The van der Waals surface area contributed by atoms with Gasteiger partial charge in [0.1, 0.15) is 6.61 Å².